The molecule has 1 saturated heterocycles. The molecule has 1 aliphatic rings. The van der Waals surface area contributed by atoms with Crippen LogP contribution in [0.3, 0.4) is 0 Å². The molecule has 1 heterocycles. The van der Waals surface area contributed by atoms with E-state index in [4.69, 9.17) is 0 Å². The molecule has 5 nitrogen and oxygen atoms in total. The zero-order valence-corrected chi connectivity index (χ0v) is 12.9. The van der Waals surface area contributed by atoms with Gasteiger partial charge in [-0.05, 0) is 12.8 Å². The summed E-state index contributed by atoms with van der Waals surface area (Å²) in [6.07, 6.45) is -3.19. The molecule has 8 heteroatoms. The largest absolute Gasteiger partial charge is 0.411 e. The van der Waals surface area contributed by atoms with Crippen LogP contribution in [0.4, 0.5) is 13.2 Å². The Morgan fingerprint density at radius 1 is 1.27 bits per heavy atom. The van der Waals surface area contributed by atoms with E-state index in [1.54, 1.807) is 4.90 Å². The minimum atomic E-state index is -4.35. The molecule has 0 atom stereocenters. The lowest BCUT2D eigenvalue weighted by Crippen LogP contribution is -2.44. The topological polar surface area (TPSA) is 58.6 Å². The van der Waals surface area contributed by atoms with Crippen LogP contribution < -0.4 is 5.32 Å². The van der Waals surface area contributed by atoms with Gasteiger partial charge in [-0.3, -0.25) is 9.59 Å². The Hall–Kier alpha value is -1.31. The van der Waals surface area contributed by atoms with Gasteiger partial charge in [-0.15, -0.1) is 0 Å². The van der Waals surface area contributed by atoms with Gasteiger partial charge in [-0.1, -0.05) is 13.8 Å². The molecule has 2 amide bonds. The number of rotatable bonds is 6. The maximum atomic E-state index is 11.9. The molecule has 0 radical (unpaired) electrons. The Bertz CT molecular complexity index is 378. The van der Waals surface area contributed by atoms with Gasteiger partial charge in [0.05, 0.1) is 6.61 Å². The van der Waals surface area contributed by atoms with Crippen molar-refractivity contribution in [1.29, 1.82) is 0 Å². The van der Waals surface area contributed by atoms with Gasteiger partial charge >= 0.3 is 6.18 Å². The van der Waals surface area contributed by atoms with Crippen molar-refractivity contribution in [1.82, 2.24) is 10.2 Å². The maximum Gasteiger partial charge on any atom is 0.411 e. The number of ether oxygens (including phenoxy) is 1. The van der Waals surface area contributed by atoms with E-state index in [1.165, 1.54) is 0 Å². The van der Waals surface area contributed by atoms with Crippen LogP contribution in [-0.4, -0.2) is 55.7 Å². The van der Waals surface area contributed by atoms with Crippen LogP contribution in [0.15, 0.2) is 0 Å². The lowest BCUT2D eigenvalue weighted by molar-refractivity contribution is -0.173. The van der Waals surface area contributed by atoms with Gasteiger partial charge < -0.3 is 15.0 Å². The van der Waals surface area contributed by atoms with E-state index < -0.39 is 12.8 Å². The summed E-state index contributed by atoms with van der Waals surface area (Å²) in [5.74, 6) is -0.360. The molecule has 1 rings (SSSR count). The summed E-state index contributed by atoms with van der Waals surface area (Å²) in [7, 11) is 0. The second-order valence-corrected chi connectivity index (χ2v) is 5.71. The molecule has 1 aliphatic heterocycles. The molecule has 0 spiro atoms. The van der Waals surface area contributed by atoms with Crippen molar-refractivity contribution in [2.75, 3.05) is 32.8 Å². The zero-order valence-electron chi connectivity index (χ0n) is 12.9. The highest BCUT2D eigenvalue weighted by atomic mass is 19.4. The van der Waals surface area contributed by atoms with Crippen molar-refractivity contribution >= 4 is 11.8 Å². The highest BCUT2D eigenvalue weighted by Gasteiger charge is 2.29. The highest BCUT2D eigenvalue weighted by Crippen LogP contribution is 2.19. The van der Waals surface area contributed by atoms with E-state index in [-0.39, 0.29) is 36.8 Å². The van der Waals surface area contributed by atoms with Gasteiger partial charge in [0.15, 0.2) is 0 Å². The van der Waals surface area contributed by atoms with E-state index in [2.05, 4.69) is 10.1 Å². The number of piperidine rings is 1. The minimum Gasteiger partial charge on any atom is -0.370 e. The number of alkyl halides is 3. The van der Waals surface area contributed by atoms with Crippen LogP contribution in [0.25, 0.3) is 0 Å². The third kappa shape index (κ3) is 6.64. The first-order chi connectivity index (χ1) is 10.2. The normalized spacial score (nSPS) is 16.9. The van der Waals surface area contributed by atoms with Crippen molar-refractivity contribution in [2.45, 2.75) is 32.9 Å². The van der Waals surface area contributed by atoms with Crippen molar-refractivity contribution in [3.05, 3.63) is 0 Å². The summed E-state index contributed by atoms with van der Waals surface area (Å²) in [5, 5.41) is 2.57. The standard InChI is InChI=1S/C14H23F3N2O3/c1-10(2)13(21)19-6-3-11(4-7-19)12(20)18-5-8-22-9-14(15,16)17/h10-11H,3-9H2,1-2H3,(H,18,20). The first-order valence-corrected chi connectivity index (χ1v) is 7.41. The molecule has 0 bridgehead atoms. The number of carbonyl (C=O) groups is 2. The fraction of sp³-hybridized carbons (Fsp3) is 0.857. The van der Waals surface area contributed by atoms with Crippen LogP contribution in [0, 0.1) is 11.8 Å². The summed E-state index contributed by atoms with van der Waals surface area (Å²) in [5.41, 5.74) is 0. The fourth-order valence-corrected chi connectivity index (χ4v) is 2.31. The van der Waals surface area contributed by atoms with E-state index >= 15 is 0 Å². The Labute approximate surface area is 128 Å². The molecular formula is C14H23F3N2O3. The molecule has 0 saturated carbocycles. The second-order valence-electron chi connectivity index (χ2n) is 5.71. The molecule has 0 aromatic carbocycles. The number of hydrogen-bond acceptors (Lipinski definition) is 3. The van der Waals surface area contributed by atoms with Gasteiger partial charge in [-0.25, -0.2) is 0 Å². The van der Waals surface area contributed by atoms with Crippen LogP contribution >= 0.6 is 0 Å². The summed E-state index contributed by atoms with van der Waals surface area (Å²) < 4.78 is 40.0. The molecular weight excluding hydrogens is 301 g/mol. The van der Waals surface area contributed by atoms with E-state index in [0.29, 0.717) is 25.9 Å². The van der Waals surface area contributed by atoms with Gasteiger partial charge in [0.1, 0.15) is 6.61 Å². The monoisotopic (exact) mass is 324 g/mol. The summed E-state index contributed by atoms with van der Waals surface area (Å²) in [6, 6.07) is 0. The van der Waals surface area contributed by atoms with Crippen LogP contribution in [0.5, 0.6) is 0 Å². The van der Waals surface area contributed by atoms with Crippen LogP contribution in [0.1, 0.15) is 26.7 Å². The number of nitrogens with one attached hydrogen (secondary N) is 1. The van der Waals surface area contributed by atoms with Crippen molar-refractivity contribution in [3.63, 3.8) is 0 Å². The second kappa shape index (κ2) is 8.36. The summed E-state index contributed by atoms with van der Waals surface area (Å²) >= 11 is 0. The smallest absolute Gasteiger partial charge is 0.370 e. The number of nitrogens with zero attached hydrogens (tertiary/aromatic N) is 1. The zero-order chi connectivity index (χ0) is 16.8. The third-order valence-electron chi connectivity index (χ3n) is 3.48. The molecule has 0 aliphatic carbocycles. The lowest BCUT2D eigenvalue weighted by atomic mass is 9.95. The Balaban J connectivity index is 2.19. The van der Waals surface area contributed by atoms with Crippen LogP contribution in [-0.2, 0) is 14.3 Å². The van der Waals surface area contributed by atoms with Gasteiger partial charge in [0, 0.05) is 31.5 Å². The number of amides is 2. The molecule has 128 valence electrons. The van der Waals surface area contributed by atoms with Gasteiger partial charge in [0.25, 0.3) is 0 Å². The lowest BCUT2D eigenvalue weighted by Gasteiger charge is -2.32. The van der Waals surface area contributed by atoms with Crippen LogP contribution in [0.2, 0.25) is 0 Å². The van der Waals surface area contributed by atoms with Crippen molar-refractivity contribution in [3.8, 4) is 0 Å². The molecule has 1 N–H and O–H groups in total. The molecule has 0 aromatic rings. The van der Waals surface area contributed by atoms with Gasteiger partial charge in [0.2, 0.25) is 11.8 Å². The Kier molecular flexibility index (Phi) is 7.12. The molecule has 0 aromatic heterocycles. The Morgan fingerprint density at radius 3 is 2.36 bits per heavy atom. The number of carbonyl (C=O) groups excluding carboxylic acids is 2. The van der Waals surface area contributed by atoms with Crippen molar-refractivity contribution < 1.29 is 27.5 Å². The third-order valence-corrected chi connectivity index (χ3v) is 3.48. The first kappa shape index (κ1) is 18.7. The molecule has 1 fully saturated rings. The number of likely N-dealkylation sites (tertiary alicyclic amines) is 1. The Morgan fingerprint density at radius 2 is 1.86 bits per heavy atom. The van der Waals surface area contributed by atoms with E-state index in [9.17, 15) is 22.8 Å². The quantitative estimate of drug-likeness (QED) is 0.755. The van der Waals surface area contributed by atoms with Gasteiger partial charge in [-0.2, -0.15) is 13.2 Å². The number of hydrogen-bond donors (Lipinski definition) is 1. The van der Waals surface area contributed by atoms with Crippen molar-refractivity contribution in [2.24, 2.45) is 11.8 Å². The summed E-state index contributed by atoms with van der Waals surface area (Å²) in [4.78, 5) is 25.4. The minimum absolute atomic E-state index is 0.0556. The SMILES string of the molecule is CC(C)C(=O)N1CCC(C(=O)NCCOCC(F)(F)F)CC1. The molecule has 0 unspecified atom stereocenters. The fourth-order valence-electron chi connectivity index (χ4n) is 2.31. The molecule has 22 heavy (non-hydrogen) atoms. The average Bonchev–Trinajstić information content (AvgIpc) is 2.44. The first-order valence-electron chi connectivity index (χ1n) is 7.41. The predicted octanol–water partition coefficient (Wildman–Crippen LogP) is 1.58. The number of halogens is 3. The predicted molar refractivity (Wildman–Crippen MR) is 74.0 cm³/mol. The van der Waals surface area contributed by atoms with E-state index in [1.807, 2.05) is 13.8 Å². The summed E-state index contributed by atoms with van der Waals surface area (Å²) in [6.45, 7) is 3.33. The van der Waals surface area contributed by atoms with E-state index in [0.717, 1.165) is 0 Å². The average molecular weight is 324 g/mol. The highest BCUT2D eigenvalue weighted by molar-refractivity contribution is 5.80. The maximum absolute atomic E-state index is 11.9.